The number of benzene rings is 1. The van der Waals surface area contributed by atoms with Gasteiger partial charge in [-0.15, -0.1) is 0 Å². The smallest absolute Gasteiger partial charge is 0.260 e. The first kappa shape index (κ1) is 18.0. The number of hydrogen-bond acceptors (Lipinski definition) is 4. The molecule has 2 aliphatic rings. The predicted octanol–water partition coefficient (Wildman–Crippen LogP) is 2.89. The van der Waals surface area contributed by atoms with E-state index in [1.54, 1.807) is 0 Å². The van der Waals surface area contributed by atoms with Crippen LogP contribution in [0.4, 0.5) is 0 Å². The van der Waals surface area contributed by atoms with Crippen molar-refractivity contribution in [2.45, 2.75) is 32.4 Å². The second kappa shape index (κ2) is 8.09. The van der Waals surface area contributed by atoms with E-state index in [0.29, 0.717) is 6.04 Å². The summed E-state index contributed by atoms with van der Waals surface area (Å²) in [6, 6.07) is 12.4. The second-order valence-electron chi connectivity index (χ2n) is 7.79. The lowest BCUT2D eigenvalue weighted by Gasteiger charge is -2.45. The van der Waals surface area contributed by atoms with Crippen LogP contribution < -0.4 is 4.74 Å². The van der Waals surface area contributed by atoms with Crippen molar-refractivity contribution in [3.8, 4) is 5.75 Å². The van der Waals surface area contributed by atoms with Crippen molar-refractivity contribution in [1.29, 1.82) is 0 Å². The molecule has 142 valence electrons. The first-order chi connectivity index (χ1) is 13.2. The minimum absolute atomic E-state index is 0.0723. The Bertz CT molecular complexity index is 770. The van der Waals surface area contributed by atoms with Crippen molar-refractivity contribution in [1.82, 2.24) is 14.8 Å². The van der Waals surface area contributed by atoms with Crippen molar-refractivity contribution in [3.63, 3.8) is 0 Å². The van der Waals surface area contributed by atoms with Gasteiger partial charge in [-0.3, -0.25) is 14.7 Å². The average Bonchev–Trinajstić information content (AvgIpc) is 3.44. The second-order valence-corrected chi connectivity index (χ2v) is 7.79. The highest BCUT2D eigenvalue weighted by Gasteiger charge is 2.37. The molecule has 2 aromatic rings. The molecule has 0 spiro atoms. The maximum atomic E-state index is 12.4. The minimum atomic E-state index is 0.0723. The molecule has 1 aromatic carbocycles. The molecule has 1 aliphatic heterocycles. The zero-order valence-electron chi connectivity index (χ0n) is 15.9. The molecule has 2 fully saturated rings. The monoisotopic (exact) mass is 365 g/mol. The molecule has 0 atom stereocenters. The lowest BCUT2D eigenvalue weighted by Crippen LogP contribution is -2.61. The van der Waals surface area contributed by atoms with Crippen LogP contribution in [0.25, 0.3) is 0 Å². The van der Waals surface area contributed by atoms with E-state index in [1.807, 2.05) is 48.5 Å². The number of rotatable bonds is 8. The maximum Gasteiger partial charge on any atom is 0.260 e. The Balaban J connectivity index is 1.27. The van der Waals surface area contributed by atoms with Crippen LogP contribution in [0.5, 0.6) is 5.75 Å². The number of hydrogen-bond donors (Lipinski definition) is 0. The summed E-state index contributed by atoms with van der Waals surface area (Å²) in [5.41, 5.74) is 2.43. The Labute approximate surface area is 161 Å². The van der Waals surface area contributed by atoms with Gasteiger partial charge in [0.2, 0.25) is 0 Å². The summed E-state index contributed by atoms with van der Waals surface area (Å²) in [6.07, 6.45) is 6.38. The van der Waals surface area contributed by atoms with Gasteiger partial charge in [-0.05, 0) is 61.1 Å². The predicted molar refractivity (Wildman–Crippen MR) is 104 cm³/mol. The van der Waals surface area contributed by atoms with E-state index in [0.717, 1.165) is 43.4 Å². The molecular formula is C22H27N3O2. The van der Waals surface area contributed by atoms with Gasteiger partial charge < -0.3 is 9.64 Å². The van der Waals surface area contributed by atoms with E-state index >= 15 is 0 Å². The molecule has 0 radical (unpaired) electrons. The quantitative estimate of drug-likeness (QED) is 0.722. The number of carbonyl (C=O) groups is 1. The van der Waals surface area contributed by atoms with Gasteiger partial charge in [-0.2, -0.15) is 0 Å². The summed E-state index contributed by atoms with van der Waals surface area (Å²) in [5.74, 6) is 1.66. The number of likely N-dealkylation sites (tertiary alicyclic amines) is 1. The van der Waals surface area contributed by atoms with E-state index in [9.17, 15) is 4.79 Å². The molecule has 1 aliphatic carbocycles. The zero-order chi connectivity index (χ0) is 18.6. The third-order valence-corrected chi connectivity index (χ3v) is 5.41. The fraction of sp³-hybridized carbons (Fsp3) is 0.455. The summed E-state index contributed by atoms with van der Waals surface area (Å²) in [5, 5.41) is 0. The fourth-order valence-corrected chi connectivity index (χ4v) is 3.53. The third-order valence-electron chi connectivity index (χ3n) is 5.41. The van der Waals surface area contributed by atoms with Gasteiger partial charge in [-0.25, -0.2) is 0 Å². The first-order valence-corrected chi connectivity index (χ1v) is 9.77. The van der Waals surface area contributed by atoms with Gasteiger partial charge in [0, 0.05) is 44.6 Å². The standard InChI is InChI=1S/C22H27N3O2/c1-17-3-2-4-21(11-17)27-16-22(26)25-14-20(15-25)24(12-18-5-6-18)13-19-7-9-23-10-8-19/h2-4,7-11,18,20H,5-6,12-16H2,1H3. The van der Waals surface area contributed by atoms with Crippen LogP contribution >= 0.6 is 0 Å². The van der Waals surface area contributed by atoms with Crippen molar-refractivity contribution in [3.05, 3.63) is 59.9 Å². The maximum absolute atomic E-state index is 12.4. The Kier molecular flexibility index (Phi) is 5.39. The summed E-state index contributed by atoms with van der Waals surface area (Å²) in [6.45, 7) is 5.80. The summed E-state index contributed by atoms with van der Waals surface area (Å²) < 4.78 is 5.66. The van der Waals surface area contributed by atoms with Crippen LogP contribution in [0.1, 0.15) is 24.0 Å². The number of aromatic nitrogens is 1. The molecular weight excluding hydrogens is 338 g/mol. The van der Waals surface area contributed by atoms with E-state index in [-0.39, 0.29) is 12.5 Å². The highest BCUT2D eigenvalue weighted by atomic mass is 16.5. The summed E-state index contributed by atoms with van der Waals surface area (Å²) >= 11 is 0. The number of carbonyl (C=O) groups excluding carboxylic acids is 1. The lowest BCUT2D eigenvalue weighted by atomic mass is 10.1. The molecule has 5 heteroatoms. The molecule has 4 rings (SSSR count). The van der Waals surface area contributed by atoms with E-state index in [4.69, 9.17) is 4.74 Å². The average molecular weight is 365 g/mol. The molecule has 1 amide bonds. The molecule has 1 aromatic heterocycles. The Morgan fingerprint density at radius 3 is 2.70 bits per heavy atom. The third kappa shape index (κ3) is 4.86. The number of ether oxygens (including phenoxy) is 1. The summed E-state index contributed by atoms with van der Waals surface area (Å²) in [7, 11) is 0. The Morgan fingerprint density at radius 1 is 1.22 bits per heavy atom. The SMILES string of the molecule is Cc1cccc(OCC(=O)N2CC(N(Cc3ccncc3)CC3CC3)C2)c1. The van der Waals surface area contributed by atoms with Gasteiger partial charge in [0.25, 0.3) is 5.91 Å². The Hall–Kier alpha value is -2.40. The fourth-order valence-electron chi connectivity index (χ4n) is 3.53. The highest BCUT2D eigenvalue weighted by Crippen LogP contribution is 2.32. The van der Waals surface area contributed by atoms with Crippen molar-refractivity contribution in [2.75, 3.05) is 26.2 Å². The van der Waals surface area contributed by atoms with Crippen molar-refractivity contribution < 1.29 is 9.53 Å². The van der Waals surface area contributed by atoms with Crippen LogP contribution in [0.15, 0.2) is 48.8 Å². The molecule has 0 bridgehead atoms. The van der Waals surface area contributed by atoms with Gasteiger partial charge >= 0.3 is 0 Å². The topological polar surface area (TPSA) is 45.7 Å². The van der Waals surface area contributed by atoms with Crippen molar-refractivity contribution in [2.24, 2.45) is 5.92 Å². The molecule has 0 unspecified atom stereocenters. The van der Waals surface area contributed by atoms with E-state index in [2.05, 4.69) is 22.0 Å². The molecule has 5 nitrogen and oxygen atoms in total. The van der Waals surface area contributed by atoms with Crippen LogP contribution in [-0.4, -0.2) is 53.0 Å². The first-order valence-electron chi connectivity index (χ1n) is 9.77. The molecule has 27 heavy (non-hydrogen) atoms. The van der Waals surface area contributed by atoms with E-state index in [1.165, 1.54) is 18.4 Å². The lowest BCUT2D eigenvalue weighted by molar-refractivity contribution is -0.141. The van der Waals surface area contributed by atoms with Crippen LogP contribution in [0, 0.1) is 12.8 Å². The largest absolute Gasteiger partial charge is 0.484 e. The molecule has 1 saturated heterocycles. The number of aryl methyl sites for hydroxylation is 1. The van der Waals surface area contributed by atoms with Gasteiger partial charge in [0.1, 0.15) is 5.75 Å². The molecule has 0 N–H and O–H groups in total. The molecule has 1 saturated carbocycles. The van der Waals surface area contributed by atoms with Crippen LogP contribution in [-0.2, 0) is 11.3 Å². The van der Waals surface area contributed by atoms with Crippen LogP contribution in [0.2, 0.25) is 0 Å². The van der Waals surface area contributed by atoms with Crippen molar-refractivity contribution >= 4 is 5.91 Å². The highest BCUT2D eigenvalue weighted by molar-refractivity contribution is 5.78. The number of pyridine rings is 1. The van der Waals surface area contributed by atoms with Gasteiger partial charge in [-0.1, -0.05) is 12.1 Å². The van der Waals surface area contributed by atoms with Gasteiger partial charge in [0.15, 0.2) is 6.61 Å². The number of amides is 1. The normalized spacial score (nSPS) is 17.0. The summed E-state index contributed by atoms with van der Waals surface area (Å²) in [4.78, 5) is 21.0. The molecule has 2 heterocycles. The van der Waals surface area contributed by atoms with Crippen LogP contribution in [0.3, 0.4) is 0 Å². The van der Waals surface area contributed by atoms with E-state index < -0.39 is 0 Å². The zero-order valence-corrected chi connectivity index (χ0v) is 15.9. The Morgan fingerprint density at radius 2 is 2.00 bits per heavy atom. The minimum Gasteiger partial charge on any atom is -0.484 e. The van der Waals surface area contributed by atoms with Gasteiger partial charge in [0.05, 0.1) is 0 Å². The number of nitrogens with zero attached hydrogens (tertiary/aromatic N) is 3.